The summed E-state index contributed by atoms with van der Waals surface area (Å²) in [6.07, 6.45) is 3.78. The largest absolute Gasteiger partial charge is 0.357 e. The zero-order chi connectivity index (χ0) is 21.3. The number of hydrogen-bond acceptors (Lipinski definition) is 4. The topological polar surface area (TPSA) is 67.1 Å². The van der Waals surface area contributed by atoms with E-state index < -0.39 is 0 Å². The summed E-state index contributed by atoms with van der Waals surface area (Å²) in [5, 5.41) is 14.2. The normalized spacial score (nSPS) is 11.5. The van der Waals surface area contributed by atoms with Crippen molar-refractivity contribution in [1.29, 1.82) is 0 Å². The van der Waals surface area contributed by atoms with Gasteiger partial charge in [-0.3, -0.25) is 4.68 Å². The Morgan fingerprint density at radius 1 is 1.00 bits per heavy atom. The van der Waals surface area contributed by atoms with Crippen molar-refractivity contribution in [2.45, 2.75) is 26.6 Å². The van der Waals surface area contributed by atoms with Crippen LogP contribution in [0, 0.1) is 0 Å². The fourth-order valence-electron chi connectivity index (χ4n) is 3.22. The van der Waals surface area contributed by atoms with Crippen molar-refractivity contribution in [3.05, 3.63) is 95.3 Å². The molecule has 0 spiro atoms. The Morgan fingerprint density at radius 3 is 2.58 bits per heavy atom. The third-order valence-corrected chi connectivity index (χ3v) is 5.71. The van der Waals surface area contributed by atoms with Crippen molar-refractivity contribution in [2.75, 3.05) is 6.54 Å². The molecule has 0 amide bonds. The molecule has 2 N–H and O–H groups in total. The van der Waals surface area contributed by atoms with Crippen LogP contribution in [0.2, 0.25) is 0 Å². The van der Waals surface area contributed by atoms with E-state index in [0.717, 1.165) is 35.3 Å². The van der Waals surface area contributed by atoms with Crippen molar-refractivity contribution in [3.8, 4) is 10.6 Å². The van der Waals surface area contributed by atoms with Gasteiger partial charge in [-0.2, -0.15) is 5.10 Å². The number of hydrogen-bond donors (Lipinski definition) is 2. The second kappa shape index (κ2) is 10.5. The molecule has 0 aliphatic carbocycles. The third kappa shape index (κ3) is 5.79. The van der Waals surface area contributed by atoms with E-state index in [9.17, 15) is 0 Å². The van der Waals surface area contributed by atoms with Gasteiger partial charge in [-0.05, 0) is 24.1 Å². The number of nitrogens with zero attached hydrogens (tertiary/aromatic N) is 4. The van der Waals surface area contributed by atoms with Crippen LogP contribution < -0.4 is 10.6 Å². The summed E-state index contributed by atoms with van der Waals surface area (Å²) in [4.78, 5) is 9.54. The van der Waals surface area contributed by atoms with Crippen LogP contribution in [0.1, 0.15) is 23.7 Å². The van der Waals surface area contributed by atoms with Crippen molar-refractivity contribution in [1.82, 2.24) is 25.4 Å². The molecule has 31 heavy (non-hydrogen) atoms. The maximum atomic E-state index is 4.79. The molecule has 0 aliphatic heterocycles. The molecule has 4 aromatic rings. The predicted molar refractivity (Wildman–Crippen MR) is 127 cm³/mol. The molecule has 7 heteroatoms. The number of guanidine groups is 1. The van der Waals surface area contributed by atoms with Crippen molar-refractivity contribution in [3.63, 3.8) is 0 Å². The Bertz CT molecular complexity index is 1100. The first-order valence-electron chi connectivity index (χ1n) is 10.4. The summed E-state index contributed by atoms with van der Waals surface area (Å²) in [5.41, 5.74) is 4.56. The number of benzene rings is 2. The summed E-state index contributed by atoms with van der Waals surface area (Å²) in [7, 11) is 0. The van der Waals surface area contributed by atoms with E-state index in [-0.39, 0.29) is 0 Å². The lowest BCUT2D eigenvalue weighted by Crippen LogP contribution is -2.36. The van der Waals surface area contributed by atoms with Crippen LogP contribution in [-0.4, -0.2) is 27.3 Å². The second-order valence-corrected chi connectivity index (χ2v) is 7.89. The van der Waals surface area contributed by atoms with Crippen LogP contribution in [0.25, 0.3) is 10.6 Å². The van der Waals surface area contributed by atoms with E-state index in [1.807, 2.05) is 35.1 Å². The van der Waals surface area contributed by atoms with Gasteiger partial charge < -0.3 is 10.6 Å². The summed E-state index contributed by atoms with van der Waals surface area (Å²) in [6.45, 7) is 4.83. The minimum atomic E-state index is 0.596. The Morgan fingerprint density at radius 2 is 1.81 bits per heavy atom. The lowest BCUT2D eigenvalue weighted by Gasteiger charge is -2.12. The number of thiazole rings is 1. The maximum Gasteiger partial charge on any atom is 0.191 e. The Labute approximate surface area is 186 Å². The van der Waals surface area contributed by atoms with Gasteiger partial charge in [0.1, 0.15) is 5.01 Å². The number of aliphatic imine (C=N–C) groups is 1. The molecule has 0 bridgehead atoms. The number of rotatable bonds is 8. The monoisotopic (exact) mass is 430 g/mol. The average Bonchev–Trinajstić information content (AvgIpc) is 3.49. The molecule has 0 saturated carbocycles. The van der Waals surface area contributed by atoms with Crippen LogP contribution in [0.5, 0.6) is 0 Å². The molecule has 0 unspecified atom stereocenters. The van der Waals surface area contributed by atoms with E-state index >= 15 is 0 Å². The fourth-order valence-corrected chi connectivity index (χ4v) is 4.04. The highest BCUT2D eigenvalue weighted by atomic mass is 32.1. The molecule has 6 nitrogen and oxygen atoms in total. The van der Waals surface area contributed by atoms with Gasteiger partial charge in [0.05, 0.1) is 25.3 Å². The molecule has 2 aromatic carbocycles. The van der Waals surface area contributed by atoms with Crippen molar-refractivity contribution in [2.24, 2.45) is 4.99 Å². The van der Waals surface area contributed by atoms with Crippen LogP contribution in [0.15, 0.2) is 83.4 Å². The van der Waals surface area contributed by atoms with E-state index in [1.54, 1.807) is 17.5 Å². The molecule has 0 saturated heterocycles. The van der Waals surface area contributed by atoms with Gasteiger partial charge in [0.15, 0.2) is 5.96 Å². The highest BCUT2D eigenvalue weighted by Gasteiger charge is 2.07. The van der Waals surface area contributed by atoms with Gasteiger partial charge in [-0.1, -0.05) is 54.6 Å². The van der Waals surface area contributed by atoms with Gasteiger partial charge in [0.2, 0.25) is 0 Å². The zero-order valence-corrected chi connectivity index (χ0v) is 18.3. The van der Waals surface area contributed by atoms with E-state index in [1.165, 1.54) is 11.1 Å². The molecule has 0 atom stereocenters. The molecule has 0 radical (unpaired) electrons. The maximum absolute atomic E-state index is 4.79. The van der Waals surface area contributed by atoms with E-state index in [4.69, 9.17) is 9.98 Å². The van der Waals surface area contributed by atoms with Gasteiger partial charge in [0.25, 0.3) is 0 Å². The van der Waals surface area contributed by atoms with Crippen LogP contribution in [-0.2, 0) is 19.6 Å². The first kappa shape index (κ1) is 20.8. The first-order chi connectivity index (χ1) is 15.3. The lowest BCUT2D eigenvalue weighted by atomic mass is 10.1. The summed E-state index contributed by atoms with van der Waals surface area (Å²) >= 11 is 1.66. The molecular weight excluding hydrogens is 404 g/mol. The predicted octanol–water partition coefficient (Wildman–Crippen LogP) is 4.31. The zero-order valence-electron chi connectivity index (χ0n) is 17.5. The molecule has 2 heterocycles. The Hall–Kier alpha value is -3.45. The van der Waals surface area contributed by atoms with Gasteiger partial charge in [-0.25, -0.2) is 9.98 Å². The average molecular weight is 431 g/mol. The highest BCUT2D eigenvalue weighted by molar-refractivity contribution is 7.13. The van der Waals surface area contributed by atoms with Crippen molar-refractivity contribution >= 4 is 17.3 Å². The van der Waals surface area contributed by atoms with Crippen molar-refractivity contribution < 1.29 is 0 Å². The SMILES string of the molecule is CCNC(=NCc1ccccc1Cn1cccn1)NCc1csc(-c2ccccc2)n1. The van der Waals surface area contributed by atoms with Crippen LogP contribution in [0.4, 0.5) is 0 Å². The molecule has 0 fully saturated rings. The first-order valence-corrected chi connectivity index (χ1v) is 11.3. The second-order valence-electron chi connectivity index (χ2n) is 7.03. The van der Waals surface area contributed by atoms with E-state index in [0.29, 0.717) is 13.1 Å². The lowest BCUT2D eigenvalue weighted by molar-refractivity contribution is 0.680. The quantitative estimate of drug-likeness (QED) is 0.323. The molecule has 4 rings (SSSR count). The smallest absolute Gasteiger partial charge is 0.191 e. The van der Waals surface area contributed by atoms with Crippen LogP contribution >= 0.6 is 11.3 Å². The number of aromatic nitrogens is 3. The Kier molecular flexibility index (Phi) is 7.08. The molecular formula is C24H26N6S. The summed E-state index contributed by atoms with van der Waals surface area (Å²) in [6, 6.07) is 20.6. The summed E-state index contributed by atoms with van der Waals surface area (Å²) in [5.74, 6) is 0.783. The minimum absolute atomic E-state index is 0.596. The summed E-state index contributed by atoms with van der Waals surface area (Å²) < 4.78 is 1.93. The minimum Gasteiger partial charge on any atom is -0.357 e. The van der Waals surface area contributed by atoms with E-state index in [2.05, 4.69) is 64.4 Å². The van der Waals surface area contributed by atoms with Gasteiger partial charge >= 0.3 is 0 Å². The molecule has 2 aromatic heterocycles. The standard InChI is InChI=1S/C24H26N6S/c1-2-25-24(27-16-22-18-31-23(29-22)19-9-4-3-5-10-19)26-15-20-11-6-7-12-21(20)17-30-14-8-13-28-30/h3-14,18H,2,15-17H2,1H3,(H2,25,26,27). The third-order valence-electron chi connectivity index (χ3n) is 4.77. The fraction of sp³-hybridized carbons (Fsp3) is 0.208. The molecule has 0 aliphatic rings. The van der Waals surface area contributed by atoms with Gasteiger partial charge in [0, 0.05) is 29.9 Å². The number of nitrogens with one attached hydrogen (secondary N) is 2. The Balaban J connectivity index is 1.41. The highest BCUT2D eigenvalue weighted by Crippen LogP contribution is 2.23. The van der Waals surface area contributed by atoms with Crippen LogP contribution in [0.3, 0.4) is 0 Å². The molecule has 158 valence electrons. The van der Waals surface area contributed by atoms with Gasteiger partial charge in [-0.15, -0.1) is 11.3 Å².